The number of ether oxygens (including phenoxy) is 1. The molecule has 3 aromatic carbocycles. The van der Waals surface area contributed by atoms with E-state index in [2.05, 4.69) is 0 Å². The Morgan fingerprint density at radius 1 is 0.600 bits per heavy atom. The molecule has 15 heteroatoms. The minimum atomic E-state index is -7.45. The normalized spacial score (nSPS) is 14.3. The number of benzene rings is 3. The number of hydrogen-bond donors (Lipinski definition) is 0. The molecule has 0 aliphatic carbocycles. The van der Waals surface area contributed by atoms with E-state index in [0.29, 0.717) is 0 Å². The first-order valence-corrected chi connectivity index (χ1v) is 14.1. The molecule has 0 unspecified atom stereocenters. The zero-order valence-electron chi connectivity index (χ0n) is 20.5. The topological polar surface area (TPSA) is 52.6 Å². The van der Waals surface area contributed by atoms with Crippen LogP contribution < -0.4 is 4.74 Å². The van der Waals surface area contributed by atoms with Gasteiger partial charge in [-0.1, -0.05) is 36.4 Å². The second kappa shape index (κ2) is 10.8. The summed E-state index contributed by atoms with van der Waals surface area (Å²) in [6.07, 6.45) is -7.54. The minimum absolute atomic E-state index is 0.177. The molecule has 4 nitrogen and oxygen atoms in total. The smallest absolute Gasteiger partial charge is 0.460 e. The molecule has 3 rings (SSSR count). The maximum atomic E-state index is 14.8. The van der Waals surface area contributed by atoms with Crippen LogP contribution in [-0.2, 0) is 13.7 Å². The number of halogens is 9. The molecule has 0 aliphatic rings. The molecular weight excluding hydrogens is 599 g/mol. The molecule has 40 heavy (non-hydrogen) atoms. The highest BCUT2D eigenvalue weighted by Crippen LogP contribution is 2.71. The molecule has 0 radical (unpaired) electrons. The van der Waals surface area contributed by atoms with E-state index in [9.17, 15) is 47.9 Å². The van der Waals surface area contributed by atoms with Gasteiger partial charge in [0.1, 0.15) is 5.75 Å². The molecule has 0 saturated carbocycles. The molecular formula is C25H21F9O4S2. The van der Waals surface area contributed by atoms with Crippen molar-refractivity contribution >= 4 is 20.4 Å². The summed E-state index contributed by atoms with van der Waals surface area (Å²) in [6, 6.07) is 18.0. The van der Waals surface area contributed by atoms with Gasteiger partial charge in [0.25, 0.3) is 0 Å². The van der Waals surface area contributed by atoms with Gasteiger partial charge >= 0.3 is 33.4 Å². The van der Waals surface area contributed by atoms with Gasteiger partial charge in [-0.3, -0.25) is 0 Å². The van der Waals surface area contributed by atoms with Crippen molar-refractivity contribution in [3.8, 4) is 5.75 Å². The molecule has 0 bridgehead atoms. The Bertz CT molecular complexity index is 1360. The van der Waals surface area contributed by atoms with Crippen LogP contribution in [0.2, 0.25) is 0 Å². The summed E-state index contributed by atoms with van der Waals surface area (Å²) in [4.78, 5) is -0.556. The van der Waals surface area contributed by atoms with Crippen molar-refractivity contribution in [3.05, 3.63) is 84.9 Å². The molecule has 0 spiro atoms. The summed E-state index contributed by atoms with van der Waals surface area (Å²) in [7, 11) is -11.3. The van der Waals surface area contributed by atoms with Crippen LogP contribution in [0.1, 0.15) is 13.8 Å². The lowest BCUT2D eigenvalue weighted by molar-refractivity contribution is -0.382. The molecule has 0 aliphatic heterocycles. The third-order valence-electron chi connectivity index (χ3n) is 5.30. The summed E-state index contributed by atoms with van der Waals surface area (Å²) < 4.78 is 160. The Labute approximate surface area is 225 Å². The van der Waals surface area contributed by atoms with Crippen LogP contribution in [0.3, 0.4) is 0 Å². The van der Waals surface area contributed by atoms with Gasteiger partial charge in [0.05, 0.1) is 6.10 Å². The van der Waals surface area contributed by atoms with Gasteiger partial charge in [-0.05, 0) is 72.7 Å². The van der Waals surface area contributed by atoms with Crippen molar-refractivity contribution in [1.82, 2.24) is 0 Å². The fourth-order valence-corrected chi connectivity index (χ4v) is 8.65. The monoisotopic (exact) mass is 620 g/mol. The Kier molecular flexibility index (Phi) is 8.55. The zero-order valence-corrected chi connectivity index (χ0v) is 22.1. The van der Waals surface area contributed by atoms with Crippen LogP contribution in [-0.4, -0.2) is 37.8 Å². The summed E-state index contributed by atoms with van der Waals surface area (Å²) >= 11 is 0. The highest BCUT2D eigenvalue weighted by Gasteiger charge is 2.86. The summed E-state index contributed by atoms with van der Waals surface area (Å²) in [5.41, 5.74) is 0. The molecule has 0 heterocycles. The maximum Gasteiger partial charge on any atom is 0.460 e. The van der Waals surface area contributed by atoms with E-state index in [1.165, 1.54) is 84.9 Å². The lowest BCUT2D eigenvalue weighted by Crippen LogP contribution is -2.63. The summed E-state index contributed by atoms with van der Waals surface area (Å²) in [6.45, 7) is 3.37. The SMILES string of the molecule is CC(C)Oc1ccc(S(OS(=O)(=O)C(F)(F)C(F)(F)C(F)(F)C(F)(F)F)(c2ccccc2)c2ccccc2)cc1. The largest absolute Gasteiger partial charge is 0.491 e. The molecule has 0 aromatic heterocycles. The number of rotatable bonds is 10. The van der Waals surface area contributed by atoms with Gasteiger partial charge in [-0.25, -0.2) is 3.63 Å². The van der Waals surface area contributed by atoms with E-state index in [-0.39, 0.29) is 26.5 Å². The van der Waals surface area contributed by atoms with Crippen molar-refractivity contribution < 1.29 is 56.3 Å². The molecule has 3 aromatic rings. The average molecular weight is 621 g/mol. The lowest BCUT2D eigenvalue weighted by Gasteiger charge is -2.41. The van der Waals surface area contributed by atoms with Gasteiger partial charge in [0.15, 0.2) is 0 Å². The first-order valence-electron chi connectivity index (χ1n) is 11.2. The first kappa shape index (κ1) is 31.6. The van der Waals surface area contributed by atoms with Crippen LogP contribution in [0.4, 0.5) is 39.5 Å². The molecule has 0 atom stereocenters. The van der Waals surface area contributed by atoms with Gasteiger partial charge in [-0.2, -0.15) is 47.9 Å². The second-order valence-electron chi connectivity index (χ2n) is 8.51. The van der Waals surface area contributed by atoms with Crippen LogP contribution in [0.25, 0.3) is 0 Å². The zero-order chi connectivity index (χ0) is 30.2. The van der Waals surface area contributed by atoms with Crippen molar-refractivity contribution in [1.29, 1.82) is 0 Å². The van der Waals surface area contributed by atoms with Crippen LogP contribution in [0.15, 0.2) is 99.6 Å². The van der Waals surface area contributed by atoms with E-state index >= 15 is 0 Å². The van der Waals surface area contributed by atoms with E-state index < -0.39 is 43.7 Å². The van der Waals surface area contributed by atoms with Gasteiger partial charge < -0.3 is 4.74 Å². The third kappa shape index (κ3) is 5.38. The van der Waals surface area contributed by atoms with Crippen molar-refractivity contribution in [2.45, 2.75) is 57.9 Å². The Morgan fingerprint density at radius 3 is 1.38 bits per heavy atom. The highest BCUT2D eigenvalue weighted by molar-refractivity contribution is 8.33. The lowest BCUT2D eigenvalue weighted by atomic mass is 10.1. The predicted octanol–water partition coefficient (Wildman–Crippen LogP) is 8.44. The minimum Gasteiger partial charge on any atom is -0.491 e. The van der Waals surface area contributed by atoms with Gasteiger partial charge in [-0.15, -0.1) is 0 Å². The summed E-state index contributed by atoms with van der Waals surface area (Å²) in [5.74, 6) is -14.7. The van der Waals surface area contributed by atoms with Crippen LogP contribution in [0.5, 0.6) is 5.75 Å². The fourth-order valence-electron chi connectivity index (χ4n) is 3.43. The first-order chi connectivity index (χ1) is 18.3. The molecule has 0 amide bonds. The molecule has 0 saturated heterocycles. The van der Waals surface area contributed by atoms with E-state index in [1.54, 1.807) is 13.8 Å². The average Bonchev–Trinajstić information content (AvgIpc) is 2.87. The van der Waals surface area contributed by atoms with Crippen molar-refractivity contribution in [3.63, 3.8) is 0 Å². The van der Waals surface area contributed by atoms with Crippen molar-refractivity contribution in [2.75, 3.05) is 0 Å². The third-order valence-corrected chi connectivity index (χ3v) is 10.5. The Balaban J connectivity index is 2.33. The maximum absolute atomic E-state index is 14.8. The Hall–Kier alpha value is -2.91. The summed E-state index contributed by atoms with van der Waals surface area (Å²) in [5, 5.41) is -7.04. The van der Waals surface area contributed by atoms with E-state index in [0.717, 1.165) is 0 Å². The Morgan fingerprint density at radius 2 is 1.00 bits per heavy atom. The quantitative estimate of drug-likeness (QED) is 0.214. The van der Waals surface area contributed by atoms with Crippen molar-refractivity contribution in [2.24, 2.45) is 0 Å². The number of hydrogen-bond acceptors (Lipinski definition) is 4. The van der Waals surface area contributed by atoms with E-state index in [1.807, 2.05) is 0 Å². The molecule has 0 N–H and O–H groups in total. The molecule has 220 valence electrons. The van der Waals surface area contributed by atoms with Crippen LogP contribution >= 0.6 is 10.3 Å². The predicted molar refractivity (Wildman–Crippen MR) is 128 cm³/mol. The molecule has 0 fully saturated rings. The van der Waals surface area contributed by atoms with Gasteiger partial charge in [0.2, 0.25) is 0 Å². The number of alkyl halides is 9. The van der Waals surface area contributed by atoms with Gasteiger partial charge in [0, 0.05) is 14.7 Å². The standard InChI is InChI=1S/C25H21F9O4S2/c1-17(2)37-18-13-15-21(16-14-18)39(19-9-5-3-6-10-19,20-11-7-4-8-12-20)38-40(35,36)25(33,34)23(28,29)22(26,27)24(30,31)32/h3-17H,1-2H3. The fraction of sp³-hybridized carbons (Fsp3) is 0.280. The second-order valence-corrected chi connectivity index (χ2v) is 13.0. The highest BCUT2D eigenvalue weighted by atomic mass is 32.3. The van der Waals surface area contributed by atoms with Crippen LogP contribution in [0, 0.1) is 0 Å². The van der Waals surface area contributed by atoms with E-state index in [4.69, 9.17) is 8.37 Å².